The lowest BCUT2D eigenvalue weighted by Crippen LogP contribution is -2.51. The first-order valence-corrected chi connectivity index (χ1v) is 12.2. The molecule has 34 heavy (non-hydrogen) atoms. The molecule has 0 unspecified atom stereocenters. The van der Waals surface area contributed by atoms with E-state index in [4.69, 9.17) is 16.3 Å². The average molecular weight is 492 g/mol. The summed E-state index contributed by atoms with van der Waals surface area (Å²) in [6, 6.07) is 5.09. The zero-order valence-corrected chi connectivity index (χ0v) is 21.0. The molecule has 3 rings (SSSR count). The van der Waals surface area contributed by atoms with Gasteiger partial charge in [0.1, 0.15) is 5.75 Å². The molecule has 1 amide bonds. The van der Waals surface area contributed by atoms with E-state index in [9.17, 15) is 14.4 Å². The van der Waals surface area contributed by atoms with Crippen LogP contribution in [-0.4, -0.2) is 33.2 Å². The third-order valence-electron chi connectivity index (χ3n) is 6.11. The third kappa shape index (κ3) is 6.62. The number of benzene rings is 1. The van der Waals surface area contributed by atoms with Crippen molar-refractivity contribution in [3.05, 3.63) is 49.8 Å². The van der Waals surface area contributed by atoms with Crippen LogP contribution in [0.2, 0.25) is 5.02 Å². The number of hydrogen-bond acceptors (Lipinski definition) is 5. The predicted octanol–water partition coefficient (Wildman–Crippen LogP) is 2.97. The summed E-state index contributed by atoms with van der Waals surface area (Å²) in [5.74, 6) is 1.29. The summed E-state index contributed by atoms with van der Waals surface area (Å²) in [6.07, 6.45) is 4.25. The molecule has 0 aliphatic heterocycles. The fourth-order valence-electron chi connectivity index (χ4n) is 4.14. The first-order chi connectivity index (χ1) is 16.2. The Labute approximate surface area is 203 Å². The number of nitrogens with zero attached hydrogens (tertiary/aromatic N) is 3. The number of carbonyl (C=O) groups is 1. The van der Waals surface area contributed by atoms with Crippen LogP contribution in [0.3, 0.4) is 0 Å². The molecule has 1 fully saturated rings. The Morgan fingerprint density at radius 1 is 1.24 bits per heavy atom. The molecule has 0 atom stereocenters. The summed E-state index contributed by atoms with van der Waals surface area (Å²) in [7, 11) is 1.52. The number of aromatic nitrogens is 3. The van der Waals surface area contributed by atoms with Crippen LogP contribution >= 0.6 is 11.6 Å². The van der Waals surface area contributed by atoms with Crippen molar-refractivity contribution in [2.75, 3.05) is 7.05 Å². The van der Waals surface area contributed by atoms with Gasteiger partial charge in [0, 0.05) is 26.6 Å². The van der Waals surface area contributed by atoms with Gasteiger partial charge >= 0.3 is 11.4 Å². The molecule has 0 radical (unpaired) electrons. The predicted molar refractivity (Wildman–Crippen MR) is 132 cm³/mol. The lowest BCUT2D eigenvalue weighted by molar-refractivity contribution is -0.120. The number of aromatic amines is 1. The van der Waals surface area contributed by atoms with Gasteiger partial charge in [-0.05, 0) is 56.7 Å². The van der Waals surface area contributed by atoms with Gasteiger partial charge in [-0.1, -0.05) is 31.4 Å². The van der Waals surface area contributed by atoms with Crippen LogP contribution < -0.4 is 27.1 Å². The number of amides is 1. The average Bonchev–Trinajstić information content (AvgIpc) is 2.79. The molecule has 1 saturated carbocycles. The van der Waals surface area contributed by atoms with Crippen molar-refractivity contribution < 1.29 is 9.53 Å². The number of nitrogens with one attached hydrogen (secondary N) is 2. The Bertz CT molecular complexity index is 1190. The van der Waals surface area contributed by atoms with Gasteiger partial charge in [-0.3, -0.25) is 14.3 Å². The quantitative estimate of drug-likeness (QED) is 0.591. The van der Waals surface area contributed by atoms with Gasteiger partial charge in [0.2, 0.25) is 11.5 Å². The van der Waals surface area contributed by atoms with Crippen molar-refractivity contribution in [2.45, 2.75) is 72.1 Å². The highest BCUT2D eigenvalue weighted by Crippen LogP contribution is 2.30. The number of rotatable bonds is 8. The molecule has 0 saturated heterocycles. The minimum absolute atomic E-state index is 0.0110. The molecular weight excluding hydrogens is 458 g/mol. The van der Waals surface area contributed by atoms with E-state index in [0.29, 0.717) is 34.8 Å². The molecule has 2 N–H and O–H groups in total. The molecule has 1 heterocycles. The van der Waals surface area contributed by atoms with Gasteiger partial charge in [-0.15, -0.1) is 0 Å². The van der Waals surface area contributed by atoms with Crippen LogP contribution in [0.25, 0.3) is 0 Å². The fourth-order valence-corrected chi connectivity index (χ4v) is 4.36. The lowest BCUT2D eigenvalue weighted by Gasteiger charge is -2.26. The number of H-pyrrole nitrogens is 1. The van der Waals surface area contributed by atoms with Crippen molar-refractivity contribution in [2.24, 2.45) is 16.8 Å². The summed E-state index contributed by atoms with van der Waals surface area (Å²) in [6.45, 7) is 6.50. The minimum atomic E-state index is -0.605. The van der Waals surface area contributed by atoms with Crippen LogP contribution in [0.4, 0.5) is 5.69 Å². The van der Waals surface area contributed by atoms with Gasteiger partial charge in [0.05, 0.1) is 16.8 Å². The number of carbonyl (C=O) groups excluding carboxylic acids is 1. The van der Waals surface area contributed by atoms with E-state index < -0.39 is 11.4 Å². The van der Waals surface area contributed by atoms with Crippen molar-refractivity contribution in [3.63, 3.8) is 0 Å². The zero-order valence-electron chi connectivity index (χ0n) is 20.3. The zero-order chi connectivity index (χ0) is 24.8. The Morgan fingerprint density at radius 3 is 2.56 bits per heavy atom. The first-order valence-electron chi connectivity index (χ1n) is 11.8. The van der Waals surface area contributed by atoms with Gasteiger partial charge in [0.15, 0.2) is 0 Å². The highest BCUT2D eigenvalue weighted by molar-refractivity contribution is 6.32. The smallest absolute Gasteiger partial charge is 0.334 e. The Morgan fingerprint density at radius 2 is 1.94 bits per heavy atom. The molecule has 1 aliphatic rings. The summed E-state index contributed by atoms with van der Waals surface area (Å²) >= 11 is 6.35. The summed E-state index contributed by atoms with van der Waals surface area (Å²) in [5.41, 5.74) is -0.424. The maximum Gasteiger partial charge on any atom is 0.334 e. The molecule has 9 nitrogen and oxygen atoms in total. The SMILES string of the molecule is CNC(=O)CCn1c(=O)[nH]/c(=N\c2ccc(OC(C)C)c(Cl)c2)n(CC2CCC(C)CC2)c1=O. The fraction of sp³-hybridized carbons (Fsp3) is 0.583. The topological polar surface area (TPSA) is 110 Å². The highest BCUT2D eigenvalue weighted by Gasteiger charge is 2.21. The molecule has 1 aromatic heterocycles. The van der Waals surface area contributed by atoms with Crippen LogP contribution in [0.5, 0.6) is 5.75 Å². The van der Waals surface area contributed by atoms with E-state index in [2.05, 4.69) is 22.2 Å². The van der Waals surface area contributed by atoms with E-state index in [1.54, 1.807) is 18.2 Å². The molecule has 0 bridgehead atoms. The molecular formula is C24H34ClN5O4. The maximum atomic E-state index is 13.4. The van der Waals surface area contributed by atoms with E-state index in [1.165, 1.54) is 11.6 Å². The van der Waals surface area contributed by atoms with E-state index in [0.717, 1.165) is 30.3 Å². The Balaban J connectivity index is 2.04. The van der Waals surface area contributed by atoms with Gasteiger partial charge in [-0.25, -0.2) is 19.1 Å². The van der Waals surface area contributed by atoms with Crippen LogP contribution in [0, 0.1) is 11.8 Å². The standard InChI is InChI=1S/C24H34ClN5O4/c1-15(2)34-20-10-9-18(13-19(20)25)27-22-28-23(32)29(12-11-21(31)26-4)24(33)30(22)14-17-7-5-16(3)6-8-17/h9-10,13,15-17H,5-8,11-12,14H2,1-4H3,(H,26,31)(H,27,28,32). The second-order valence-electron chi connectivity index (χ2n) is 9.24. The summed E-state index contributed by atoms with van der Waals surface area (Å²) < 4.78 is 8.24. The Kier molecular flexibility index (Phi) is 8.77. The van der Waals surface area contributed by atoms with E-state index in [1.807, 2.05) is 13.8 Å². The second kappa shape index (κ2) is 11.6. The summed E-state index contributed by atoms with van der Waals surface area (Å²) in [5, 5.41) is 2.90. The molecule has 1 aromatic carbocycles. The Hall–Kier alpha value is -2.81. The van der Waals surface area contributed by atoms with Gasteiger partial charge in [-0.2, -0.15) is 0 Å². The van der Waals surface area contributed by atoms with Crippen molar-refractivity contribution in [1.82, 2.24) is 19.4 Å². The maximum absolute atomic E-state index is 13.4. The minimum Gasteiger partial charge on any atom is -0.489 e. The molecule has 0 spiro atoms. The van der Waals surface area contributed by atoms with Gasteiger partial charge < -0.3 is 10.1 Å². The number of halogens is 1. The molecule has 1 aliphatic carbocycles. The third-order valence-corrected chi connectivity index (χ3v) is 6.41. The van der Waals surface area contributed by atoms with E-state index >= 15 is 0 Å². The van der Waals surface area contributed by atoms with Crippen molar-refractivity contribution in [1.29, 1.82) is 0 Å². The van der Waals surface area contributed by atoms with Gasteiger partial charge in [0.25, 0.3) is 0 Å². The first kappa shape index (κ1) is 25.8. The van der Waals surface area contributed by atoms with Crippen molar-refractivity contribution >= 4 is 23.2 Å². The van der Waals surface area contributed by atoms with Crippen LogP contribution in [0.15, 0.2) is 32.8 Å². The molecule has 10 heteroatoms. The largest absolute Gasteiger partial charge is 0.489 e. The number of hydrogen-bond donors (Lipinski definition) is 2. The van der Waals surface area contributed by atoms with Crippen LogP contribution in [-0.2, 0) is 17.9 Å². The highest BCUT2D eigenvalue weighted by atomic mass is 35.5. The monoisotopic (exact) mass is 491 g/mol. The molecule has 186 valence electrons. The normalized spacial score (nSPS) is 18.8. The van der Waals surface area contributed by atoms with Crippen LogP contribution in [0.1, 0.15) is 52.9 Å². The summed E-state index contributed by atoms with van der Waals surface area (Å²) in [4.78, 5) is 45.1. The second-order valence-corrected chi connectivity index (χ2v) is 9.65. The molecule has 2 aromatic rings. The van der Waals surface area contributed by atoms with Crippen molar-refractivity contribution in [3.8, 4) is 5.75 Å². The van der Waals surface area contributed by atoms with E-state index in [-0.39, 0.29) is 30.6 Å². The lowest BCUT2D eigenvalue weighted by atomic mass is 9.83. The number of ether oxygens (including phenoxy) is 1.